The van der Waals surface area contributed by atoms with Gasteiger partial charge in [-0.05, 0) is 31.2 Å². The van der Waals surface area contributed by atoms with Crippen molar-refractivity contribution in [2.24, 2.45) is 11.7 Å². The minimum atomic E-state index is -0.553. The molecule has 3 nitrogen and oxygen atoms in total. The molecule has 3 heteroatoms. The van der Waals surface area contributed by atoms with Crippen molar-refractivity contribution in [3.63, 3.8) is 0 Å². The summed E-state index contributed by atoms with van der Waals surface area (Å²) < 4.78 is 0. The zero-order chi connectivity index (χ0) is 11.5. The normalized spacial score (nSPS) is 18.9. The van der Waals surface area contributed by atoms with E-state index in [4.69, 9.17) is 5.73 Å². The Balaban J connectivity index is 1.93. The molecule has 1 amide bonds. The molecule has 16 heavy (non-hydrogen) atoms. The number of carbonyl (C=O) groups is 1. The minimum Gasteiger partial charge on any atom is -0.352 e. The smallest absolute Gasteiger partial charge is 0.241 e. The van der Waals surface area contributed by atoms with Crippen molar-refractivity contribution in [2.45, 2.75) is 31.8 Å². The Hall–Kier alpha value is -1.35. The molecule has 1 fully saturated rings. The lowest BCUT2D eigenvalue weighted by molar-refractivity contribution is -0.123. The zero-order valence-corrected chi connectivity index (χ0v) is 9.52. The average molecular weight is 218 g/mol. The van der Waals surface area contributed by atoms with Gasteiger partial charge in [0.15, 0.2) is 0 Å². The molecular weight excluding hydrogens is 200 g/mol. The maximum absolute atomic E-state index is 11.9. The van der Waals surface area contributed by atoms with E-state index in [-0.39, 0.29) is 11.9 Å². The van der Waals surface area contributed by atoms with Crippen molar-refractivity contribution < 1.29 is 4.79 Å². The summed E-state index contributed by atoms with van der Waals surface area (Å²) in [5.74, 6) is 0.581. The summed E-state index contributed by atoms with van der Waals surface area (Å²) in [6, 6.07) is 9.17. The fraction of sp³-hybridized carbons (Fsp3) is 0.462. The molecule has 1 unspecified atom stereocenters. The second-order valence-electron chi connectivity index (χ2n) is 4.52. The van der Waals surface area contributed by atoms with Gasteiger partial charge in [0.25, 0.3) is 0 Å². The van der Waals surface area contributed by atoms with Gasteiger partial charge in [0.05, 0.1) is 0 Å². The van der Waals surface area contributed by atoms with Crippen molar-refractivity contribution in [2.75, 3.05) is 0 Å². The van der Waals surface area contributed by atoms with E-state index in [0.29, 0.717) is 5.92 Å². The summed E-state index contributed by atoms with van der Waals surface area (Å²) >= 11 is 0. The fourth-order valence-corrected chi connectivity index (χ4v) is 1.84. The van der Waals surface area contributed by atoms with E-state index in [1.807, 2.05) is 37.3 Å². The predicted octanol–water partition coefficient (Wildman–Crippen LogP) is 1.60. The number of benzene rings is 1. The molecule has 0 spiro atoms. The Kier molecular flexibility index (Phi) is 3.25. The van der Waals surface area contributed by atoms with Crippen LogP contribution in [0.25, 0.3) is 0 Å². The summed E-state index contributed by atoms with van der Waals surface area (Å²) in [4.78, 5) is 11.9. The summed E-state index contributed by atoms with van der Waals surface area (Å²) in [5, 5.41) is 2.98. The Morgan fingerprint density at radius 2 is 2.00 bits per heavy atom. The largest absolute Gasteiger partial charge is 0.352 e. The van der Waals surface area contributed by atoms with Gasteiger partial charge in [-0.2, -0.15) is 0 Å². The number of hydrogen-bond acceptors (Lipinski definition) is 2. The molecule has 0 saturated heterocycles. The van der Waals surface area contributed by atoms with E-state index in [9.17, 15) is 4.79 Å². The van der Waals surface area contributed by atoms with E-state index >= 15 is 0 Å². The van der Waals surface area contributed by atoms with E-state index in [2.05, 4.69) is 5.32 Å². The van der Waals surface area contributed by atoms with Gasteiger partial charge >= 0.3 is 0 Å². The van der Waals surface area contributed by atoms with Gasteiger partial charge in [-0.3, -0.25) is 4.79 Å². The van der Waals surface area contributed by atoms with Gasteiger partial charge < -0.3 is 11.1 Å². The van der Waals surface area contributed by atoms with Gasteiger partial charge in [-0.25, -0.2) is 0 Å². The van der Waals surface area contributed by atoms with Crippen LogP contribution in [-0.2, 0) is 4.79 Å². The third-order valence-corrected chi connectivity index (χ3v) is 3.14. The number of rotatable bonds is 4. The molecule has 1 aliphatic rings. The number of hydrogen-bond donors (Lipinski definition) is 2. The van der Waals surface area contributed by atoms with Crippen LogP contribution in [0, 0.1) is 5.92 Å². The van der Waals surface area contributed by atoms with Crippen LogP contribution in [0.2, 0.25) is 0 Å². The van der Waals surface area contributed by atoms with Crippen LogP contribution < -0.4 is 11.1 Å². The minimum absolute atomic E-state index is 0.0781. The van der Waals surface area contributed by atoms with Crippen LogP contribution in [-0.4, -0.2) is 11.9 Å². The van der Waals surface area contributed by atoms with Gasteiger partial charge in [0, 0.05) is 6.04 Å². The molecule has 0 aromatic heterocycles. The molecule has 3 N–H and O–H groups in total. The summed E-state index contributed by atoms with van der Waals surface area (Å²) in [5.41, 5.74) is 6.76. The highest BCUT2D eigenvalue weighted by Gasteiger charge is 2.30. The Morgan fingerprint density at radius 1 is 1.38 bits per heavy atom. The zero-order valence-electron chi connectivity index (χ0n) is 9.52. The highest BCUT2D eigenvalue weighted by atomic mass is 16.2. The van der Waals surface area contributed by atoms with Crippen molar-refractivity contribution in [1.29, 1.82) is 0 Å². The number of amides is 1. The maximum atomic E-state index is 11.9. The molecule has 1 aliphatic carbocycles. The fourth-order valence-electron chi connectivity index (χ4n) is 1.84. The summed E-state index contributed by atoms with van der Waals surface area (Å²) in [7, 11) is 0. The molecule has 1 saturated carbocycles. The topological polar surface area (TPSA) is 55.1 Å². The van der Waals surface area contributed by atoms with E-state index < -0.39 is 6.04 Å². The van der Waals surface area contributed by atoms with Gasteiger partial charge in [-0.15, -0.1) is 0 Å². The number of nitrogens with one attached hydrogen (secondary N) is 1. The number of nitrogens with two attached hydrogens (primary N) is 1. The Labute approximate surface area is 96.0 Å². The van der Waals surface area contributed by atoms with Crippen LogP contribution in [0.1, 0.15) is 31.4 Å². The van der Waals surface area contributed by atoms with Crippen molar-refractivity contribution in [3.05, 3.63) is 35.9 Å². The van der Waals surface area contributed by atoms with Crippen LogP contribution in [0.3, 0.4) is 0 Å². The van der Waals surface area contributed by atoms with E-state index in [0.717, 1.165) is 5.56 Å². The van der Waals surface area contributed by atoms with Crippen molar-refractivity contribution in [3.8, 4) is 0 Å². The molecule has 86 valence electrons. The lowest BCUT2D eigenvalue weighted by atomic mass is 10.1. The van der Waals surface area contributed by atoms with Crippen LogP contribution in [0.5, 0.6) is 0 Å². The molecule has 2 atom stereocenters. The highest BCUT2D eigenvalue weighted by molar-refractivity contribution is 5.83. The molecule has 1 aromatic rings. The van der Waals surface area contributed by atoms with E-state index in [1.165, 1.54) is 12.8 Å². The first-order chi connectivity index (χ1) is 7.68. The monoisotopic (exact) mass is 218 g/mol. The molecule has 0 radical (unpaired) electrons. The third-order valence-electron chi connectivity index (χ3n) is 3.14. The van der Waals surface area contributed by atoms with Gasteiger partial charge in [0.1, 0.15) is 6.04 Å². The highest BCUT2D eigenvalue weighted by Crippen LogP contribution is 2.32. The van der Waals surface area contributed by atoms with Crippen molar-refractivity contribution >= 4 is 5.91 Å². The molecule has 0 bridgehead atoms. The first-order valence-electron chi connectivity index (χ1n) is 5.79. The second kappa shape index (κ2) is 4.66. The van der Waals surface area contributed by atoms with Crippen LogP contribution in [0.15, 0.2) is 30.3 Å². The maximum Gasteiger partial charge on any atom is 0.241 e. The standard InChI is InChI=1S/C13H18N2O/c1-9(10-7-8-10)15-13(16)12(14)11-5-3-2-4-6-11/h2-6,9-10,12H,7-8,14H2,1H3,(H,15,16)/t9?,12-/m1/s1. The second-order valence-corrected chi connectivity index (χ2v) is 4.52. The predicted molar refractivity (Wildman–Crippen MR) is 63.7 cm³/mol. The van der Waals surface area contributed by atoms with Gasteiger partial charge in [0.2, 0.25) is 5.91 Å². The molecule has 0 heterocycles. The van der Waals surface area contributed by atoms with Crippen LogP contribution in [0.4, 0.5) is 0 Å². The lowest BCUT2D eigenvalue weighted by Crippen LogP contribution is -2.40. The van der Waals surface area contributed by atoms with Crippen LogP contribution >= 0.6 is 0 Å². The van der Waals surface area contributed by atoms with E-state index in [1.54, 1.807) is 0 Å². The molecule has 1 aromatic carbocycles. The summed E-state index contributed by atoms with van der Waals surface area (Å²) in [6.45, 7) is 2.05. The lowest BCUT2D eigenvalue weighted by Gasteiger charge is -2.17. The first-order valence-corrected chi connectivity index (χ1v) is 5.79. The SMILES string of the molecule is CC(NC(=O)[C@H](N)c1ccccc1)C1CC1. The summed E-state index contributed by atoms with van der Waals surface area (Å²) in [6.07, 6.45) is 2.45. The quantitative estimate of drug-likeness (QED) is 0.806. The van der Waals surface area contributed by atoms with Crippen molar-refractivity contribution in [1.82, 2.24) is 5.32 Å². The average Bonchev–Trinajstić information content (AvgIpc) is 3.13. The molecular formula is C13H18N2O. The first kappa shape index (κ1) is 11.1. The third kappa shape index (κ3) is 2.61. The number of carbonyl (C=O) groups excluding carboxylic acids is 1. The Morgan fingerprint density at radius 3 is 2.56 bits per heavy atom. The molecule has 2 rings (SSSR count). The Bertz CT molecular complexity index is 359. The molecule has 0 aliphatic heterocycles. The van der Waals surface area contributed by atoms with Gasteiger partial charge in [-0.1, -0.05) is 30.3 Å².